The average Bonchev–Trinajstić information content (AvgIpc) is 2.67. The normalized spacial score (nSPS) is 21.7. The van der Waals surface area contributed by atoms with Crippen molar-refractivity contribution in [1.29, 1.82) is 0 Å². The molecule has 1 N–H and O–H groups in total. The number of nitrogens with zero attached hydrogens (tertiary/aromatic N) is 2. The van der Waals surface area contributed by atoms with Crippen LogP contribution >= 0.6 is 0 Å². The van der Waals surface area contributed by atoms with Gasteiger partial charge in [-0.05, 0) is 31.0 Å². The Hall–Kier alpha value is -1.42. The van der Waals surface area contributed by atoms with Crippen LogP contribution in [0.3, 0.4) is 0 Å². The number of hydrogen-bond donors (Lipinski definition) is 1. The summed E-state index contributed by atoms with van der Waals surface area (Å²) in [6, 6.07) is 3.54. The van der Waals surface area contributed by atoms with Crippen molar-refractivity contribution in [3.8, 4) is 0 Å². The second-order valence-corrected chi connectivity index (χ2v) is 3.83. The number of carboxylic acids is 1. The molecule has 1 aliphatic rings. The third kappa shape index (κ3) is 2.33. The molecule has 4 nitrogen and oxygen atoms in total. The molecule has 0 aromatic carbocycles. The van der Waals surface area contributed by atoms with E-state index in [1.807, 2.05) is 17.0 Å². The lowest BCUT2D eigenvalue weighted by Crippen LogP contribution is -2.35. The quantitative estimate of drug-likeness (QED) is 0.805. The summed E-state index contributed by atoms with van der Waals surface area (Å²) in [5.74, 6) is -0.712. The second kappa shape index (κ2) is 4.40. The van der Waals surface area contributed by atoms with Crippen molar-refractivity contribution in [2.75, 3.05) is 6.54 Å². The van der Waals surface area contributed by atoms with Gasteiger partial charge in [0, 0.05) is 18.9 Å². The maximum absolute atomic E-state index is 10.9. The number of likely N-dealkylation sites (tertiary alicyclic amines) is 1. The molecule has 15 heavy (non-hydrogen) atoms. The van der Waals surface area contributed by atoms with E-state index < -0.39 is 5.97 Å². The van der Waals surface area contributed by atoms with Gasteiger partial charge in [0.25, 0.3) is 0 Å². The van der Waals surface area contributed by atoms with E-state index in [-0.39, 0.29) is 6.04 Å². The smallest absolute Gasteiger partial charge is 0.320 e. The summed E-state index contributed by atoms with van der Waals surface area (Å²) in [4.78, 5) is 17.0. The molecule has 1 fully saturated rings. The van der Waals surface area contributed by atoms with Gasteiger partial charge < -0.3 is 5.11 Å². The van der Waals surface area contributed by atoms with Crippen molar-refractivity contribution in [3.05, 3.63) is 30.1 Å². The number of aromatic nitrogens is 1. The Morgan fingerprint density at radius 2 is 2.53 bits per heavy atom. The lowest BCUT2D eigenvalue weighted by atomic mass is 10.2. The average molecular weight is 206 g/mol. The van der Waals surface area contributed by atoms with Gasteiger partial charge in [0.2, 0.25) is 0 Å². The first-order chi connectivity index (χ1) is 7.27. The van der Waals surface area contributed by atoms with Crippen molar-refractivity contribution in [2.45, 2.75) is 25.4 Å². The van der Waals surface area contributed by atoms with Crippen molar-refractivity contribution < 1.29 is 9.90 Å². The molecular weight excluding hydrogens is 192 g/mol. The van der Waals surface area contributed by atoms with Crippen molar-refractivity contribution >= 4 is 5.97 Å². The van der Waals surface area contributed by atoms with E-state index in [2.05, 4.69) is 4.98 Å². The van der Waals surface area contributed by atoms with Crippen LogP contribution in [0.15, 0.2) is 24.5 Å². The van der Waals surface area contributed by atoms with Gasteiger partial charge in [-0.1, -0.05) is 6.07 Å². The fraction of sp³-hybridized carbons (Fsp3) is 0.455. The molecule has 1 aromatic heterocycles. The molecule has 80 valence electrons. The Morgan fingerprint density at radius 3 is 3.20 bits per heavy atom. The molecule has 1 aromatic rings. The summed E-state index contributed by atoms with van der Waals surface area (Å²) in [6.45, 7) is 1.55. The van der Waals surface area contributed by atoms with Crippen LogP contribution in [0.4, 0.5) is 0 Å². The molecule has 1 atom stereocenters. The summed E-state index contributed by atoms with van der Waals surface area (Å²) >= 11 is 0. The Morgan fingerprint density at radius 1 is 1.67 bits per heavy atom. The monoisotopic (exact) mass is 206 g/mol. The van der Waals surface area contributed by atoms with E-state index in [0.29, 0.717) is 6.54 Å². The maximum Gasteiger partial charge on any atom is 0.320 e. The van der Waals surface area contributed by atoms with Crippen LogP contribution in [-0.4, -0.2) is 33.5 Å². The highest BCUT2D eigenvalue weighted by Crippen LogP contribution is 2.19. The van der Waals surface area contributed by atoms with Gasteiger partial charge in [-0.2, -0.15) is 0 Å². The molecule has 2 rings (SSSR count). The highest BCUT2D eigenvalue weighted by Gasteiger charge is 2.30. The zero-order chi connectivity index (χ0) is 10.7. The van der Waals surface area contributed by atoms with E-state index in [0.717, 1.165) is 24.9 Å². The topological polar surface area (TPSA) is 53.4 Å². The van der Waals surface area contributed by atoms with Crippen LogP contribution in [0, 0.1) is 0 Å². The molecule has 4 heteroatoms. The third-order valence-corrected chi connectivity index (χ3v) is 2.76. The van der Waals surface area contributed by atoms with Crippen LogP contribution < -0.4 is 0 Å². The van der Waals surface area contributed by atoms with Gasteiger partial charge in [-0.25, -0.2) is 0 Å². The third-order valence-electron chi connectivity index (χ3n) is 2.76. The highest BCUT2D eigenvalue weighted by atomic mass is 16.4. The van der Waals surface area contributed by atoms with Crippen LogP contribution in [0.25, 0.3) is 0 Å². The first-order valence-corrected chi connectivity index (χ1v) is 5.13. The zero-order valence-electron chi connectivity index (χ0n) is 8.47. The van der Waals surface area contributed by atoms with Crippen molar-refractivity contribution in [2.24, 2.45) is 0 Å². The summed E-state index contributed by atoms with van der Waals surface area (Å²) in [5.41, 5.74) is 1.07. The van der Waals surface area contributed by atoms with Crippen LogP contribution in [-0.2, 0) is 11.3 Å². The maximum atomic E-state index is 10.9. The number of aliphatic carboxylic acids is 1. The highest BCUT2D eigenvalue weighted by molar-refractivity contribution is 5.73. The minimum absolute atomic E-state index is 0.315. The SMILES string of the molecule is O=C(O)[C@@H]1CCCN1Cc1cccnc1. The van der Waals surface area contributed by atoms with E-state index in [1.165, 1.54) is 0 Å². The first-order valence-electron chi connectivity index (χ1n) is 5.13. The molecule has 1 saturated heterocycles. The van der Waals surface area contributed by atoms with Gasteiger partial charge >= 0.3 is 5.97 Å². The summed E-state index contributed by atoms with van der Waals surface area (Å²) in [5, 5.41) is 9.00. The predicted octanol–water partition coefficient (Wildman–Crippen LogP) is 1.13. The number of pyridine rings is 1. The summed E-state index contributed by atoms with van der Waals surface area (Å²) < 4.78 is 0. The largest absolute Gasteiger partial charge is 0.480 e. The van der Waals surface area contributed by atoms with Gasteiger partial charge in [-0.15, -0.1) is 0 Å². The van der Waals surface area contributed by atoms with Gasteiger partial charge in [0.15, 0.2) is 0 Å². The molecule has 0 amide bonds. The molecule has 1 aliphatic heterocycles. The van der Waals surface area contributed by atoms with Crippen LogP contribution in [0.1, 0.15) is 18.4 Å². The number of carbonyl (C=O) groups is 1. The Bertz CT molecular complexity index is 340. The predicted molar refractivity (Wildman–Crippen MR) is 55.3 cm³/mol. The summed E-state index contributed by atoms with van der Waals surface area (Å²) in [6.07, 6.45) is 5.24. The number of carboxylic acid groups (broad SMARTS) is 1. The van der Waals surface area contributed by atoms with Gasteiger partial charge in [0.1, 0.15) is 6.04 Å². The fourth-order valence-corrected chi connectivity index (χ4v) is 2.02. The molecule has 0 radical (unpaired) electrons. The molecule has 0 spiro atoms. The van der Waals surface area contributed by atoms with E-state index >= 15 is 0 Å². The van der Waals surface area contributed by atoms with Crippen LogP contribution in [0.2, 0.25) is 0 Å². The van der Waals surface area contributed by atoms with Crippen molar-refractivity contribution in [3.63, 3.8) is 0 Å². The molecule has 2 heterocycles. The Balaban J connectivity index is 2.03. The lowest BCUT2D eigenvalue weighted by Gasteiger charge is -2.20. The van der Waals surface area contributed by atoms with E-state index in [1.54, 1.807) is 12.4 Å². The zero-order valence-corrected chi connectivity index (χ0v) is 8.47. The number of rotatable bonds is 3. The van der Waals surface area contributed by atoms with E-state index in [4.69, 9.17) is 5.11 Å². The van der Waals surface area contributed by atoms with Crippen molar-refractivity contribution in [1.82, 2.24) is 9.88 Å². The number of hydrogen-bond acceptors (Lipinski definition) is 3. The molecule has 0 unspecified atom stereocenters. The lowest BCUT2D eigenvalue weighted by molar-refractivity contribution is -0.142. The molecule has 0 saturated carbocycles. The molecule has 0 aliphatic carbocycles. The summed E-state index contributed by atoms with van der Waals surface area (Å²) in [7, 11) is 0. The minimum Gasteiger partial charge on any atom is -0.480 e. The minimum atomic E-state index is -0.712. The molecular formula is C11H14N2O2. The first kappa shape index (κ1) is 10.1. The Kier molecular flexibility index (Phi) is 2.97. The van der Waals surface area contributed by atoms with Crippen LogP contribution in [0.5, 0.6) is 0 Å². The second-order valence-electron chi connectivity index (χ2n) is 3.83. The van der Waals surface area contributed by atoms with Gasteiger partial charge in [-0.3, -0.25) is 14.7 Å². The Labute approximate surface area is 88.6 Å². The standard InChI is InChI=1S/C11H14N2O2/c14-11(15)10-4-2-6-13(10)8-9-3-1-5-12-7-9/h1,3,5,7,10H,2,4,6,8H2,(H,14,15)/t10-/m0/s1. The fourth-order valence-electron chi connectivity index (χ4n) is 2.02. The van der Waals surface area contributed by atoms with Gasteiger partial charge in [0.05, 0.1) is 0 Å². The van der Waals surface area contributed by atoms with E-state index in [9.17, 15) is 4.79 Å². The molecule has 0 bridgehead atoms.